The molecule has 0 spiro atoms. The molecule has 2 atom stereocenters. The first-order valence-corrected chi connectivity index (χ1v) is 12.8. The number of thiazole rings is 1. The third kappa shape index (κ3) is 4.81. The van der Waals surface area contributed by atoms with Crippen molar-refractivity contribution in [2.75, 3.05) is 5.32 Å². The van der Waals surface area contributed by atoms with E-state index >= 15 is 0 Å². The summed E-state index contributed by atoms with van der Waals surface area (Å²) in [7, 11) is -3.35. The van der Waals surface area contributed by atoms with Gasteiger partial charge >= 0.3 is 5.97 Å². The molecule has 1 aromatic heterocycles. The predicted octanol–water partition coefficient (Wildman–Crippen LogP) is 3.10. The Hall–Kier alpha value is -2.05. The van der Waals surface area contributed by atoms with Crippen LogP contribution >= 0.6 is 22.9 Å². The molecule has 172 valence electrons. The fourth-order valence-electron chi connectivity index (χ4n) is 3.22. The van der Waals surface area contributed by atoms with Crippen molar-refractivity contribution in [1.82, 2.24) is 4.98 Å². The van der Waals surface area contributed by atoms with Gasteiger partial charge in [0.15, 0.2) is 27.2 Å². The summed E-state index contributed by atoms with van der Waals surface area (Å²) in [6, 6.07) is 6.09. The summed E-state index contributed by atoms with van der Waals surface area (Å²) >= 11 is 6.78. The zero-order chi connectivity index (χ0) is 23.0. The van der Waals surface area contributed by atoms with Gasteiger partial charge in [-0.3, -0.25) is 10.1 Å². The number of aliphatic carboxylic acids is 1. The number of amides is 1. The Labute approximate surface area is 193 Å². The number of nitrogens with zero attached hydrogens (tertiary/aromatic N) is 1. The number of sulfone groups is 1. The summed E-state index contributed by atoms with van der Waals surface area (Å²) in [5.41, 5.74) is 0.225. The highest BCUT2D eigenvalue weighted by molar-refractivity contribution is 7.92. The van der Waals surface area contributed by atoms with Gasteiger partial charge < -0.3 is 14.9 Å². The topological polar surface area (TPSA) is 143 Å². The number of benzene rings is 1. The summed E-state index contributed by atoms with van der Waals surface area (Å²) in [6.07, 6.45) is 0.928. The lowest BCUT2D eigenvalue weighted by atomic mass is 9.95. The summed E-state index contributed by atoms with van der Waals surface area (Å²) < 4.78 is 30.8. The van der Waals surface area contributed by atoms with Crippen LogP contribution in [0.15, 0.2) is 29.2 Å². The van der Waals surface area contributed by atoms with Gasteiger partial charge in [-0.05, 0) is 49.8 Å². The van der Waals surface area contributed by atoms with E-state index in [0.29, 0.717) is 18.4 Å². The second-order valence-corrected chi connectivity index (χ2v) is 11.6. The van der Waals surface area contributed by atoms with E-state index in [-0.39, 0.29) is 31.4 Å². The maximum Gasteiger partial charge on any atom is 0.338 e. The van der Waals surface area contributed by atoms with E-state index in [1.54, 1.807) is 12.1 Å². The minimum atomic E-state index is -3.35. The van der Waals surface area contributed by atoms with Gasteiger partial charge in [0.05, 0.1) is 16.2 Å². The van der Waals surface area contributed by atoms with E-state index in [9.17, 15) is 23.1 Å². The maximum atomic E-state index is 13.0. The molecular formula is C20H21ClN2O7S2. The highest BCUT2D eigenvalue weighted by atomic mass is 35.5. The number of aromatic nitrogens is 1. The van der Waals surface area contributed by atoms with Crippen LogP contribution in [0.1, 0.15) is 55.6 Å². The Balaban J connectivity index is 1.54. The number of aliphatic hydroxyl groups is 1. The van der Waals surface area contributed by atoms with Crippen molar-refractivity contribution in [3.8, 4) is 0 Å². The fraction of sp³-hybridized carbons (Fsp3) is 0.450. The molecule has 2 unspecified atom stereocenters. The first-order chi connectivity index (χ1) is 15.2. The van der Waals surface area contributed by atoms with Gasteiger partial charge in [-0.2, -0.15) is 0 Å². The lowest BCUT2D eigenvalue weighted by Crippen LogP contribution is -2.31. The van der Waals surface area contributed by atoms with Gasteiger partial charge in [0.2, 0.25) is 0 Å². The molecule has 0 bridgehead atoms. The molecule has 12 heteroatoms. The monoisotopic (exact) mass is 500 g/mol. The van der Waals surface area contributed by atoms with Crippen LogP contribution in [0.4, 0.5) is 5.13 Å². The molecule has 3 N–H and O–H groups in total. The molecule has 9 nitrogen and oxygen atoms in total. The molecule has 2 fully saturated rings. The predicted molar refractivity (Wildman–Crippen MR) is 116 cm³/mol. The van der Waals surface area contributed by atoms with Gasteiger partial charge in [0, 0.05) is 0 Å². The van der Waals surface area contributed by atoms with Gasteiger partial charge in [-0.25, -0.2) is 18.2 Å². The molecule has 0 aliphatic heterocycles. The number of carboxylic acid groups (broad SMARTS) is 1. The molecular weight excluding hydrogens is 480 g/mol. The average molecular weight is 501 g/mol. The lowest BCUT2D eigenvalue weighted by Gasteiger charge is -2.30. The van der Waals surface area contributed by atoms with Crippen molar-refractivity contribution in [3.63, 3.8) is 0 Å². The second-order valence-electron chi connectivity index (χ2n) is 7.79. The molecule has 0 radical (unpaired) electrons. The number of rotatable bonds is 9. The minimum absolute atomic E-state index is 0.0189. The van der Waals surface area contributed by atoms with Gasteiger partial charge in [0.25, 0.3) is 5.91 Å². The molecule has 1 aromatic carbocycles. The van der Waals surface area contributed by atoms with Crippen molar-refractivity contribution in [1.29, 1.82) is 0 Å². The summed E-state index contributed by atoms with van der Waals surface area (Å²) in [4.78, 5) is 28.1. The first-order valence-electron chi connectivity index (χ1n) is 10.0. The molecule has 1 heterocycles. The number of anilines is 1. The number of carbonyl (C=O) groups excluding carboxylic acids is 1. The number of carboxylic acids is 1. The molecule has 4 rings (SSSR count). The number of halogens is 1. The van der Waals surface area contributed by atoms with Gasteiger partial charge in [-0.15, -0.1) is 0 Å². The quantitative estimate of drug-likeness (QED) is 0.476. The molecule has 2 saturated carbocycles. The van der Waals surface area contributed by atoms with E-state index in [1.165, 1.54) is 12.1 Å². The molecule has 32 heavy (non-hydrogen) atoms. The summed E-state index contributed by atoms with van der Waals surface area (Å²) in [6.45, 7) is 0. The zero-order valence-electron chi connectivity index (χ0n) is 16.7. The Kier molecular flexibility index (Phi) is 6.55. The van der Waals surface area contributed by atoms with Crippen LogP contribution < -0.4 is 5.32 Å². The maximum absolute atomic E-state index is 13.0. The largest absolute Gasteiger partial charge is 0.479 e. The van der Waals surface area contributed by atoms with Crippen LogP contribution in [0.2, 0.25) is 4.34 Å². The van der Waals surface area contributed by atoms with E-state index in [2.05, 4.69) is 10.3 Å². The Morgan fingerprint density at radius 2 is 1.84 bits per heavy atom. The number of nitrogens with one attached hydrogen (secondary N) is 1. The van der Waals surface area contributed by atoms with Crippen molar-refractivity contribution >= 4 is 49.8 Å². The van der Waals surface area contributed by atoms with Gasteiger partial charge in [-0.1, -0.05) is 35.1 Å². The number of ether oxygens (including phenoxy) is 1. The van der Waals surface area contributed by atoms with Crippen LogP contribution in [0.5, 0.6) is 0 Å². The summed E-state index contributed by atoms with van der Waals surface area (Å²) in [5.74, 6) is -2.07. The molecule has 2 aliphatic rings. The zero-order valence-corrected chi connectivity index (χ0v) is 19.1. The first kappa shape index (κ1) is 23.1. The van der Waals surface area contributed by atoms with Crippen molar-refractivity contribution < 1.29 is 33.0 Å². The van der Waals surface area contributed by atoms with Crippen molar-refractivity contribution in [3.05, 3.63) is 39.9 Å². The number of aliphatic hydroxyl groups excluding tert-OH is 1. The van der Waals surface area contributed by atoms with E-state index in [0.717, 1.165) is 30.6 Å². The van der Waals surface area contributed by atoms with Crippen LogP contribution in [0.3, 0.4) is 0 Å². The molecule has 1 amide bonds. The van der Waals surface area contributed by atoms with Crippen molar-refractivity contribution in [2.45, 2.75) is 60.6 Å². The van der Waals surface area contributed by atoms with E-state index in [1.807, 2.05) is 0 Å². The van der Waals surface area contributed by atoms with Crippen molar-refractivity contribution in [2.24, 2.45) is 0 Å². The van der Waals surface area contributed by atoms with Crippen LogP contribution in [-0.4, -0.2) is 46.8 Å². The third-order valence-electron chi connectivity index (χ3n) is 5.43. The lowest BCUT2D eigenvalue weighted by molar-refractivity contribution is -0.147. The molecule has 0 saturated heterocycles. The smallest absolute Gasteiger partial charge is 0.338 e. The normalized spacial score (nSPS) is 18.6. The average Bonchev–Trinajstić information content (AvgIpc) is 3.51. The second kappa shape index (κ2) is 9.06. The highest BCUT2D eigenvalue weighted by Crippen LogP contribution is 2.36. The fourth-order valence-corrected chi connectivity index (χ4v) is 5.97. The minimum Gasteiger partial charge on any atom is -0.479 e. The highest BCUT2D eigenvalue weighted by Gasteiger charge is 2.37. The van der Waals surface area contributed by atoms with Crippen LogP contribution in [-0.2, 0) is 24.2 Å². The third-order valence-corrected chi connectivity index (χ3v) is 8.90. The number of carbonyl (C=O) groups is 2. The SMILES string of the molecule is O=C(O)C(O)c1nc(NC(=O)C(OC2CCC2)c2ccc(S(=O)(=O)C3CC3)cc2)sc1Cl. The Morgan fingerprint density at radius 3 is 2.38 bits per heavy atom. The van der Waals surface area contributed by atoms with E-state index < -0.39 is 33.9 Å². The summed E-state index contributed by atoms with van der Waals surface area (Å²) in [5, 5.41) is 20.9. The molecule has 2 aliphatic carbocycles. The Morgan fingerprint density at radius 1 is 1.19 bits per heavy atom. The van der Waals surface area contributed by atoms with Crippen LogP contribution in [0, 0.1) is 0 Å². The Bertz CT molecular complexity index is 1130. The van der Waals surface area contributed by atoms with Crippen LogP contribution in [0.25, 0.3) is 0 Å². The van der Waals surface area contributed by atoms with E-state index in [4.69, 9.17) is 21.4 Å². The molecule has 2 aromatic rings. The number of hydrogen-bond donors (Lipinski definition) is 3. The number of hydrogen-bond acceptors (Lipinski definition) is 8. The van der Waals surface area contributed by atoms with Gasteiger partial charge in [0.1, 0.15) is 10.0 Å². The standard InChI is InChI=1S/C20H21ClN2O7S2/c21-17-14(15(24)19(26)27)22-20(31-17)23-18(25)16(30-11-2-1-3-11)10-4-6-12(7-5-10)32(28,29)13-8-9-13/h4-7,11,13,15-16,24H,1-3,8-9H2,(H,26,27)(H,22,23,25).